The van der Waals surface area contributed by atoms with Crippen molar-refractivity contribution in [2.75, 3.05) is 18.0 Å². The second-order valence-electron chi connectivity index (χ2n) is 6.28. The standard InChI is InChI=1S/C20H23N3O2.ClH/c21-17(15-7-2-1-3-8-15)13-19(24)22-14-20(25)23-12-6-10-16-9-4-5-11-18(16)23;/h1-5,7-9,11,17H,6,10,12-14,21H2,(H,22,24);1H. The van der Waals surface area contributed by atoms with Crippen LogP contribution in [-0.2, 0) is 16.0 Å². The van der Waals surface area contributed by atoms with Crippen molar-refractivity contribution in [2.45, 2.75) is 25.3 Å². The van der Waals surface area contributed by atoms with Crippen LogP contribution < -0.4 is 16.0 Å². The Hall–Kier alpha value is -2.37. The van der Waals surface area contributed by atoms with E-state index in [2.05, 4.69) is 5.32 Å². The molecule has 1 aliphatic heterocycles. The molecule has 3 rings (SSSR count). The summed E-state index contributed by atoms with van der Waals surface area (Å²) in [5.41, 5.74) is 9.10. The Labute approximate surface area is 160 Å². The Balaban J connectivity index is 0.00000243. The second kappa shape index (κ2) is 9.36. The van der Waals surface area contributed by atoms with Crippen LogP contribution in [0.4, 0.5) is 5.69 Å². The molecule has 0 aliphatic carbocycles. The highest BCUT2D eigenvalue weighted by Crippen LogP contribution is 2.26. The lowest BCUT2D eigenvalue weighted by Crippen LogP contribution is -2.43. The zero-order valence-electron chi connectivity index (χ0n) is 14.6. The van der Waals surface area contributed by atoms with Crippen molar-refractivity contribution >= 4 is 29.9 Å². The third-order valence-electron chi connectivity index (χ3n) is 4.48. The lowest BCUT2D eigenvalue weighted by atomic mass is 10.0. The van der Waals surface area contributed by atoms with E-state index < -0.39 is 0 Å². The minimum atomic E-state index is -0.369. The van der Waals surface area contributed by atoms with Gasteiger partial charge in [0.05, 0.1) is 6.54 Å². The number of nitrogens with one attached hydrogen (secondary N) is 1. The summed E-state index contributed by atoms with van der Waals surface area (Å²) in [6.07, 6.45) is 2.09. The van der Waals surface area contributed by atoms with Crippen LogP contribution in [-0.4, -0.2) is 24.9 Å². The molecule has 0 bridgehead atoms. The molecule has 0 fully saturated rings. The first kappa shape index (κ1) is 19.9. The maximum atomic E-state index is 12.5. The van der Waals surface area contributed by atoms with E-state index in [1.807, 2.05) is 54.6 Å². The van der Waals surface area contributed by atoms with E-state index >= 15 is 0 Å². The molecule has 2 aromatic rings. The Morgan fingerprint density at radius 3 is 2.54 bits per heavy atom. The van der Waals surface area contributed by atoms with Crippen LogP contribution in [0.1, 0.15) is 30.0 Å². The Bertz CT molecular complexity index is 752. The molecule has 2 amide bonds. The molecule has 2 aromatic carbocycles. The summed E-state index contributed by atoms with van der Waals surface area (Å²) >= 11 is 0. The number of carbonyl (C=O) groups is 2. The van der Waals surface area contributed by atoms with Gasteiger partial charge in [0.15, 0.2) is 0 Å². The Morgan fingerprint density at radius 1 is 1.08 bits per heavy atom. The van der Waals surface area contributed by atoms with Gasteiger partial charge in [-0.3, -0.25) is 9.59 Å². The predicted molar refractivity (Wildman–Crippen MR) is 105 cm³/mol. The average Bonchev–Trinajstić information content (AvgIpc) is 2.66. The summed E-state index contributed by atoms with van der Waals surface area (Å²) in [5, 5.41) is 2.70. The van der Waals surface area contributed by atoms with Gasteiger partial charge in [-0.1, -0.05) is 48.5 Å². The van der Waals surface area contributed by atoms with E-state index in [9.17, 15) is 9.59 Å². The van der Waals surface area contributed by atoms with Crippen LogP contribution in [0.15, 0.2) is 54.6 Å². The third-order valence-corrected chi connectivity index (χ3v) is 4.48. The molecule has 26 heavy (non-hydrogen) atoms. The lowest BCUT2D eigenvalue weighted by Gasteiger charge is -2.29. The molecular weight excluding hydrogens is 350 g/mol. The minimum Gasteiger partial charge on any atom is -0.347 e. The first-order valence-corrected chi connectivity index (χ1v) is 8.60. The zero-order chi connectivity index (χ0) is 17.6. The number of para-hydroxylation sites is 1. The maximum Gasteiger partial charge on any atom is 0.246 e. The van der Waals surface area contributed by atoms with Crippen LogP contribution in [0.5, 0.6) is 0 Å². The molecule has 5 nitrogen and oxygen atoms in total. The molecule has 1 unspecified atom stereocenters. The van der Waals surface area contributed by atoms with Crippen molar-refractivity contribution in [1.82, 2.24) is 5.32 Å². The topological polar surface area (TPSA) is 75.4 Å². The largest absolute Gasteiger partial charge is 0.347 e. The summed E-state index contributed by atoms with van der Waals surface area (Å²) in [5.74, 6) is -0.302. The molecule has 0 radical (unpaired) electrons. The molecule has 138 valence electrons. The van der Waals surface area contributed by atoms with Gasteiger partial charge in [0.25, 0.3) is 0 Å². The average molecular weight is 374 g/mol. The van der Waals surface area contributed by atoms with Crippen LogP contribution in [0.2, 0.25) is 0 Å². The molecule has 0 aromatic heterocycles. The molecule has 0 spiro atoms. The summed E-state index contributed by atoms with van der Waals surface area (Å²) in [6.45, 7) is 0.684. The van der Waals surface area contributed by atoms with Crippen molar-refractivity contribution in [3.8, 4) is 0 Å². The fraction of sp³-hybridized carbons (Fsp3) is 0.300. The van der Waals surface area contributed by atoms with E-state index in [0.717, 1.165) is 24.1 Å². The minimum absolute atomic E-state index is 0. The number of nitrogens with zero attached hydrogens (tertiary/aromatic N) is 1. The van der Waals surface area contributed by atoms with Gasteiger partial charge >= 0.3 is 0 Å². The van der Waals surface area contributed by atoms with E-state index in [1.54, 1.807) is 4.90 Å². The highest BCUT2D eigenvalue weighted by molar-refractivity contribution is 5.97. The van der Waals surface area contributed by atoms with Crippen molar-refractivity contribution in [1.29, 1.82) is 0 Å². The Kier molecular flexibility index (Phi) is 7.18. The first-order chi connectivity index (χ1) is 12.1. The third kappa shape index (κ3) is 4.84. The number of anilines is 1. The van der Waals surface area contributed by atoms with Gasteiger partial charge in [0, 0.05) is 24.7 Å². The van der Waals surface area contributed by atoms with Crippen LogP contribution in [0.3, 0.4) is 0 Å². The normalized spacial score (nSPS) is 14.0. The van der Waals surface area contributed by atoms with E-state index in [0.29, 0.717) is 6.54 Å². The number of fused-ring (bicyclic) bond motifs is 1. The molecule has 1 aliphatic rings. The summed E-state index contributed by atoms with van der Waals surface area (Å²) in [4.78, 5) is 26.4. The van der Waals surface area contributed by atoms with Crippen LogP contribution in [0.25, 0.3) is 0 Å². The summed E-state index contributed by atoms with van der Waals surface area (Å²) in [7, 11) is 0. The van der Waals surface area contributed by atoms with Gasteiger partial charge < -0.3 is 16.0 Å². The fourth-order valence-corrected chi connectivity index (χ4v) is 3.15. The van der Waals surface area contributed by atoms with Crippen molar-refractivity contribution in [3.05, 3.63) is 65.7 Å². The number of nitrogens with two attached hydrogens (primary N) is 1. The van der Waals surface area contributed by atoms with E-state index in [-0.39, 0.29) is 43.2 Å². The highest BCUT2D eigenvalue weighted by Gasteiger charge is 2.22. The maximum absolute atomic E-state index is 12.5. The van der Waals surface area contributed by atoms with Gasteiger partial charge in [0.2, 0.25) is 11.8 Å². The molecule has 3 N–H and O–H groups in total. The summed E-state index contributed by atoms with van der Waals surface area (Å²) in [6, 6.07) is 17.0. The van der Waals surface area contributed by atoms with Crippen molar-refractivity contribution in [2.24, 2.45) is 5.73 Å². The number of hydrogen-bond donors (Lipinski definition) is 2. The van der Waals surface area contributed by atoms with E-state index in [4.69, 9.17) is 5.73 Å². The number of rotatable bonds is 5. The number of amides is 2. The second-order valence-corrected chi connectivity index (χ2v) is 6.28. The molecule has 1 atom stereocenters. The van der Waals surface area contributed by atoms with Gasteiger partial charge in [-0.05, 0) is 30.0 Å². The van der Waals surface area contributed by atoms with Gasteiger partial charge in [-0.15, -0.1) is 12.4 Å². The molecule has 6 heteroatoms. The smallest absolute Gasteiger partial charge is 0.246 e. The molecular formula is C20H24ClN3O2. The first-order valence-electron chi connectivity index (χ1n) is 8.60. The highest BCUT2D eigenvalue weighted by atomic mass is 35.5. The number of halogens is 1. The molecule has 0 saturated carbocycles. The van der Waals surface area contributed by atoms with E-state index in [1.165, 1.54) is 5.56 Å². The number of carbonyl (C=O) groups excluding carboxylic acids is 2. The zero-order valence-corrected chi connectivity index (χ0v) is 15.4. The van der Waals surface area contributed by atoms with Crippen LogP contribution in [0, 0.1) is 0 Å². The SMILES string of the molecule is Cl.NC(CC(=O)NCC(=O)N1CCCc2ccccc21)c1ccccc1. The predicted octanol–water partition coefficient (Wildman–Crippen LogP) is 2.59. The molecule has 0 saturated heterocycles. The number of hydrogen-bond acceptors (Lipinski definition) is 3. The number of aryl methyl sites for hydroxylation is 1. The fourth-order valence-electron chi connectivity index (χ4n) is 3.15. The van der Waals surface area contributed by atoms with Crippen molar-refractivity contribution in [3.63, 3.8) is 0 Å². The van der Waals surface area contributed by atoms with Gasteiger partial charge in [0.1, 0.15) is 0 Å². The molecule has 1 heterocycles. The monoisotopic (exact) mass is 373 g/mol. The quantitative estimate of drug-likeness (QED) is 0.845. The lowest BCUT2D eigenvalue weighted by molar-refractivity contribution is -0.125. The van der Waals surface area contributed by atoms with Crippen molar-refractivity contribution < 1.29 is 9.59 Å². The van der Waals surface area contributed by atoms with Gasteiger partial charge in [-0.2, -0.15) is 0 Å². The van der Waals surface area contributed by atoms with Crippen LogP contribution >= 0.6 is 12.4 Å². The summed E-state index contributed by atoms with van der Waals surface area (Å²) < 4.78 is 0. The Morgan fingerprint density at radius 2 is 1.77 bits per heavy atom. The number of benzene rings is 2. The van der Waals surface area contributed by atoms with Gasteiger partial charge in [-0.25, -0.2) is 0 Å².